The minimum absolute atomic E-state index is 0.0876. The Bertz CT molecular complexity index is 858. The highest BCUT2D eigenvalue weighted by Crippen LogP contribution is 2.20. The van der Waals surface area contributed by atoms with Gasteiger partial charge in [0, 0.05) is 17.8 Å². The van der Waals surface area contributed by atoms with E-state index in [9.17, 15) is 19.7 Å². The van der Waals surface area contributed by atoms with Gasteiger partial charge in [-0.2, -0.15) is 0 Å². The summed E-state index contributed by atoms with van der Waals surface area (Å²) in [6.07, 6.45) is 2.57. The second-order valence-corrected chi connectivity index (χ2v) is 5.16. The lowest BCUT2D eigenvalue weighted by atomic mass is 10.1. The van der Waals surface area contributed by atoms with Crippen LogP contribution >= 0.6 is 0 Å². The van der Waals surface area contributed by atoms with Crippen LogP contribution in [0.1, 0.15) is 21.5 Å². The molecule has 1 amide bonds. The molecule has 7 heteroatoms. The van der Waals surface area contributed by atoms with Gasteiger partial charge in [-0.05, 0) is 36.8 Å². The van der Waals surface area contributed by atoms with Crippen LogP contribution in [0.2, 0.25) is 0 Å². The van der Waals surface area contributed by atoms with Gasteiger partial charge in [-0.1, -0.05) is 18.2 Å². The third kappa shape index (κ3) is 4.51. The van der Waals surface area contributed by atoms with Crippen molar-refractivity contribution in [3.8, 4) is 0 Å². The number of carbonyl (C=O) groups excluding carboxylic acids is 2. The molecular weight excluding hydrogens is 324 g/mol. The lowest BCUT2D eigenvalue weighted by Crippen LogP contribution is -2.10. The SMILES string of the molecule is COC(=O)c1ccc(C)c(NC(=O)/C=C/c2ccccc2[N+](=O)[O-])c1. The first-order valence-corrected chi connectivity index (χ1v) is 7.34. The number of ether oxygens (including phenoxy) is 1. The number of nitrogens with zero attached hydrogens (tertiary/aromatic N) is 1. The van der Waals surface area contributed by atoms with Crippen LogP contribution in [0.25, 0.3) is 6.08 Å². The summed E-state index contributed by atoms with van der Waals surface area (Å²) >= 11 is 0. The Morgan fingerprint density at radius 2 is 1.92 bits per heavy atom. The summed E-state index contributed by atoms with van der Waals surface area (Å²) in [4.78, 5) is 34.1. The topological polar surface area (TPSA) is 98.5 Å². The van der Waals surface area contributed by atoms with Crippen LogP contribution in [0.15, 0.2) is 48.5 Å². The average molecular weight is 340 g/mol. The number of anilines is 1. The first-order chi connectivity index (χ1) is 11.9. The Morgan fingerprint density at radius 1 is 1.20 bits per heavy atom. The van der Waals surface area contributed by atoms with Crippen molar-refractivity contribution in [1.29, 1.82) is 0 Å². The van der Waals surface area contributed by atoms with Gasteiger partial charge in [0.15, 0.2) is 0 Å². The van der Waals surface area contributed by atoms with E-state index < -0.39 is 16.8 Å². The number of aryl methyl sites for hydroxylation is 1. The molecule has 0 bridgehead atoms. The van der Waals surface area contributed by atoms with Crippen LogP contribution in [-0.4, -0.2) is 23.9 Å². The van der Waals surface area contributed by atoms with Gasteiger partial charge < -0.3 is 10.1 Å². The van der Waals surface area contributed by atoms with Crippen molar-refractivity contribution < 1.29 is 19.2 Å². The summed E-state index contributed by atoms with van der Waals surface area (Å²) in [6, 6.07) is 10.9. The van der Waals surface area contributed by atoms with Crippen molar-refractivity contribution in [2.75, 3.05) is 12.4 Å². The molecule has 2 aromatic rings. The molecule has 0 radical (unpaired) electrons. The molecule has 0 saturated carbocycles. The minimum atomic E-state index is -0.512. The number of amides is 1. The Hall–Kier alpha value is -3.48. The van der Waals surface area contributed by atoms with E-state index in [4.69, 9.17) is 0 Å². The highest BCUT2D eigenvalue weighted by atomic mass is 16.6. The standard InChI is InChI=1S/C18H16N2O5/c1-12-7-8-14(18(22)25-2)11-15(12)19-17(21)10-9-13-5-3-4-6-16(13)20(23)24/h3-11H,1-2H3,(H,19,21)/b10-9+. The molecule has 0 saturated heterocycles. The van der Waals surface area contributed by atoms with Crippen molar-refractivity contribution in [3.05, 3.63) is 75.3 Å². The summed E-state index contributed by atoms with van der Waals surface area (Å²) in [7, 11) is 1.27. The fourth-order valence-corrected chi connectivity index (χ4v) is 2.14. The van der Waals surface area contributed by atoms with Crippen LogP contribution in [0.3, 0.4) is 0 Å². The van der Waals surface area contributed by atoms with E-state index in [1.54, 1.807) is 37.3 Å². The van der Waals surface area contributed by atoms with E-state index in [-0.39, 0.29) is 5.69 Å². The van der Waals surface area contributed by atoms with Gasteiger partial charge in [-0.25, -0.2) is 4.79 Å². The van der Waals surface area contributed by atoms with E-state index in [0.717, 1.165) is 5.56 Å². The van der Waals surface area contributed by atoms with Crippen molar-refractivity contribution in [1.82, 2.24) is 0 Å². The predicted octanol–water partition coefficient (Wildman–Crippen LogP) is 3.34. The van der Waals surface area contributed by atoms with Crippen LogP contribution < -0.4 is 5.32 Å². The minimum Gasteiger partial charge on any atom is -0.465 e. The molecule has 128 valence electrons. The lowest BCUT2D eigenvalue weighted by Gasteiger charge is -2.08. The van der Waals surface area contributed by atoms with Crippen LogP contribution in [-0.2, 0) is 9.53 Å². The van der Waals surface area contributed by atoms with E-state index in [1.807, 2.05) is 0 Å². The van der Waals surface area contributed by atoms with Gasteiger partial charge in [-0.3, -0.25) is 14.9 Å². The van der Waals surface area contributed by atoms with E-state index >= 15 is 0 Å². The molecule has 25 heavy (non-hydrogen) atoms. The summed E-state index contributed by atoms with van der Waals surface area (Å²) in [6.45, 7) is 1.78. The smallest absolute Gasteiger partial charge is 0.337 e. The van der Waals surface area contributed by atoms with E-state index in [0.29, 0.717) is 16.8 Å². The maximum atomic E-state index is 12.1. The Kier molecular flexibility index (Phi) is 5.62. The van der Waals surface area contributed by atoms with Gasteiger partial charge in [0.1, 0.15) is 0 Å². The molecule has 0 fully saturated rings. The number of methoxy groups -OCH3 is 1. The van der Waals surface area contributed by atoms with Gasteiger partial charge in [-0.15, -0.1) is 0 Å². The zero-order valence-corrected chi connectivity index (χ0v) is 13.7. The van der Waals surface area contributed by atoms with Gasteiger partial charge >= 0.3 is 5.97 Å². The molecule has 2 rings (SSSR count). The number of benzene rings is 2. The number of carbonyl (C=O) groups is 2. The maximum Gasteiger partial charge on any atom is 0.337 e. The Morgan fingerprint density at radius 3 is 2.60 bits per heavy atom. The second-order valence-electron chi connectivity index (χ2n) is 5.16. The van der Waals surface area contributed by atoms with Crippen LogP contribution in [0.5, 0.6) is 0 Å². The van der Waals surface area contributed by atoms with Gasteiger partial charge in [0.2, 0.25) is 5.91 Å². The molecule has 0 unspecified atom stereocenters. The van der Waals surface area contributed by atoms with E-state index in [2.05, 4.69) is 10.1 Å². The van der Waals surface area contributed by atoms with Crippen molar-refractivity contribution >= 4 is 29.3 Å². The number of nitro benzene ring substituents is 1. The number of rotatable bonds is 5. The number of esters is 1. The van der Waals surface area contributed by atoms with Gasteiger partial charge in [0.05, 0.1) is 23.2 Å². The molecule has 7 nitrogen and oxygen atoms in total. The lowest BCUT2D eigenvalue weighted by molar-refractivity contribution is -0.385. The fourth-order valence-electron chi connectivity index (χ4n) is 2.14. The number of hydrogen-bond donors (Lipinski definition) is 1. The largest absolute Gasteiger partial charge is 0.465 e. The van der Waals surface area contributed by atoms with Gasteiger partial charge in [0.25, 0.3) is 5.69 Å². The molecule has 0 aliphatic heterocycles. The number of hydrogen-bond acceptors (Lipinski definition) is 5. The molecule has 0 heterocycles. The fraction of sp³-hybridized carbons (Fsp3) is 0.111. The van der Waals surface area contributed by atoms with Crippen molar-refractivity contribution in [2.24, 2.45) is 0 Å². The normalized spacial score (nSPS) is 10.5. The third-order valence-electron chi connectivity index (χ3n) is 3.46. The first-order valence-electron chi connectivity index (χ1n) is 7.34. The summed E-state index contributed by atoms with van der Waals surface area (Å²) in [5.41, 5.74) is 1.77. The average Bonchev–Trinajstić information content (AvgIpc) is 2.61. The Labute approximate surface area is 144 Å². The van der Waals surface area contributed by atoms with Crippen LogP contribution in [0, 0.1) is 17.0 Å². The quantitative estimate of drug-likeness (QED) is 0.389. The highest BCUT2D eigenvalue weighted by Gasteiger charge is 2.11. The van der Waals surface area contributed by atoms with Crippen molar-refractivity contribution in [2.45, 2.75) is 6.92 Å². The first kappa shape index (κ1) is 17.9. The highest BCUT2D eigenvalue weighted by molar-refractivity contribution is 6.03. The molecule has 0 aliphatic rings. The number of para-hydroxylation sites is 1. The predicted molar refractivity (Wildman–Crippen MR) is 93.3 cm³/mol. The van der Waals surface area contributed by atoms with Crippen molar-refractivity contribution in [3.63, 3.8) is 0 Å². The van der Waals surface area contributed by atoms with E-state index in [1.165, 1.54) is 31.4 Å². The molecule has 1 N–H and O–H groups in total. The maximum absolute atomic E-state index is 12.1. The summed E-state index contributed by atoms with van der Waals surface area (Å²) in [5.74, 6) is -0.978. The molecule has 0 spiro atoms. The number of nitro groups is 1. The zero-order valence-electron chi connectivity index (χ0n) is 13.7. The molecule has 0 atom stereocenters. The monoisotopic (exact) mass is 340 g/mol. The molecule has 0 aliphatic carbocycles. The number of nitrogens with one attached hydrogen (secondary N) is 1. The molecule has 0 aromatic heterocycles. The Balaban J connectivity index is 2.18. The summed E-state index contributed by atoms with van der Waals surface area (Å²) < 4.78 is 4.65. The second kappa shape index (κ2) is 7.87. The third-order valence-corrected chi connectivity index (χ3v) is 3.46. The zero-order chi connectivity index (χ0) is 18.4. The summed E-state index contributed by atoms with van der Waals surface area (Å²) in [5, 5.41) is 13.6. The van der Waals surface area contributed by atoms with Crippen LogP contribution in [0.4, 0.5) is 11.4 Å². The molecule has 2 aromatic carbocycles. The molecular formula is C18H16N2O5.